The largest absolute Gasteiger partial charge is 0.491 e. The first-order chi connectivity index (χ1) is 7.54. The van der Waals surface area contributed by atoms with E-state index in [1.54, 1.807) is 12.1 Å². The highest BCUT2D eigenvalue weighted by molar-refractivity contribution is 6.40. The highest BCUT2D eigenvalue weighted by Gasteiger charge is 2.16. The molecule has 1 rings (SSSR count). The molecular weight excluding hydrogens is 208 g/mol. The van der Waals surface area contributed by atoms with E-state index in [1.165, 1.54) is 19.2 Å². The Morgan fingerprint density at radius 1 is 1.12 bits per heavy atom. The van der Waals surface area contributed by atoms with Crippen LogP contribution in [0.4, 0.5) is 0 Å². The molecule has 4 heteroatoms. The second kappa shape index (κ2) is 5.30. The Labute approximate surface area is 94.2 Å². The van der Waals surface area contributed by atoms with Gasteiger partial charge in [-0.3, -0.25) is 4.79 Å². The average molecular weight is 222 g/mol. The zero-order valence-corrected chi connectivity index (χ0v) is 9.52. The lowest BCUT2D eigenvalue weighted by Gasteiger charge is -2.09. The second-order valence-corrected chi connectivity index (χ2v) is 3.51. The Kier molecular flexibility index (Phi) is 4.05. The summed E-state index contributed by atoms with van der Waals surface area (Å²) >= 11 is 0. The molecular formula is C12H14O4. The molecule has 16 heavy (non-hydrogen) atoms. The first-order valence-corrected chi connectivity index (χ1v) is 4.94. The van der Waals surface area contributed by atoms with Crippen molar-refractivity contribution < 1.29 is 19.1 Å². The van der Waals surface area contributed by atoms with Gasteiger partial charge in [0.2, 0.25) is 0 Å². The van der Waals surface area contributed by atoms with Gasteiger partial charge in [-0.1, -0.05) is 0 Å². The van der Waals surface area contributed by atoms with Crippen LogP contribution in [0.5, 0.6) is 5.75 Å². The van der Waals surface area contributed by atoms with Gasteiger partial charge in [-0.2, -0.15) is 0 Å². The molecule has 0 aromatic heterocycles. The molecule has 0 aliphatic heterocycles. The zero-order valence-electron chi connectivity index (χ0n) is 9.52. The van der Waals surface area contributed by atoms with Gasteiger partial charge in [0.1, 0.15) is 5.75 Å². The number of rotatable bonds is 4. The van der Waals surface area contributed by atoms with Crippen molar-refractivity contribution in [3.63, 3.8) is 0 Å². The predicted octanol–water partition coefficient (Wildman–Crippen LogP) is 1.83. The topological polar surface area (TPSA) is 52.6 Å². The maximum Gasteiger partial charge on any atom is 0.379 e. The van der Waals surface area contributed by atoms with E-state index in [2.05, 4.69) is 4.74 Å². The number of Topliss-reactive ketones (excluding diaryl/α,β-unsaturated/α-hetero) is 1. The summed E-state index contributed by atoms with van der Waals surface area (Å²) in [5, 5.41) is 0. The molecule has 0 spiro atoms. The van der Waals surface area contributed by atoms with Crippen molar-refractivity contribution in [2.24, 2.45) is 0 Å². The number of benzene rings is 1. The van der Waals surface area contributed by atoms with Crippen molar-refractivity contribution in [2.75, 3.05) is 7.11 Å². The Hall–Kier alpha value is -1.84. The third kappa shape index (κ3) is 3.08. The molecule has 1 aromatic carbocycles. The van der Waals surface area contributed by atoms with Gasteiger partial charge >= 0.3 is 5.97 Å². The van der Waals surface area contributed by atoms with Gasteiger partial charge < -0.3 is 9.47 Å². The fourth-order valence-corrected chi connectivity index (χ4v) is 1.17. The van der Waals surface area contributed by atoms with Crippen molar-refractivity contribution >= 4 is 11.8 Å². The number of esters is 1. The van der Waals surface area contributed by atoms with Gasteiger partial charge in [0, 0.05) is 5.56 Å². The highest BCUT2D eigenvalue weighted by Crippen LogP contribution is 2.14. The van der Waals surface area contributed by atoms with Crippen LogP contribution in [0.3, 0.4) is 0 Å². The summed E-state index contributed by atoms with van der Waals surface area (Å²) in [5.74, 6) is -0.854. The van der Waals surface area contributed by atoms with Gasteiger partial charge in [0.15, 0.2) is 0 Å². The molecule has 0 amide bonds. The molecule has 0 aliphatic carbocycles. The van der Waals surface area contributed by atoms with Gasteiger partial charge in [-0.25, -0.2) is 4.79 Å². The molecule has 4 nitrogen and oxygen atoms in total. The molecule has 0 bridgehead atoms. The minimum atomic E-state index is -0.863. The van der Waals surface area contributed by atoms with Gasteiger partial charge in [-0.05, 0) is 38.1 Å². The van der Waals surface area contributed by atoms with E-state index in [0.29, 0.717) is 11.3 Å². The van der Waals surface area contributed by atoms with Gasteiger partial charge in [0.25, 0.3) is 5.78 Å². The van der Waals surface area contributed by atoms with Gasteiger partial charge in [0.05, 0.1) is 13.2 Å². The summed E-state index contributed by atoms with van der Waals surface area (Å²) in [6.07, 6.45) is 0.0714. The molecule has 0 atom stereocenters. The van der Waals surface area contributed by atoms with E-state index < -0.39 is 11.8 Å². The maximum atomic E-state index is 11.4. The number of carbonyl (C=O) groups is 2. The van der Waals surface area contributed by atoms with Crippen LogP contribution in [0.25, 0.3) is 0 Å². The van der Waals surface area contributed by atoms with Crippen molar-refractivity contribution in [1.29, 1.82) is 0 Å². The lowest BCUT2D eigenvalue weighted by Crippen LogP contribution is -2.15. The molecule has 1 aromatic rings. The fourth-order valence-electron chi connectivity index (χ4n) is 1.17. The van der Waals surface area contributed by atoms with Crippen LogP contribution in [-0.2, 0) is 9.53 Å². The van der Waals surface area contributed by atoms with E-state index in [9.17, 15) is 9.59 Å². The third-order valence-corrected chi connectivity index (χ3v) is 1.86. The average Bonchev–Trinajstić information content (AvgIpc) is 2.27. The van der Waals surface area contributed by atoms with E-state index >= 15 is 0 Å². The lowest BCUT2D eigenvalue weighted by molar-refractivity contribution is -0.135. The lowest BCUT2D eigenvalue weighted by atomic mass is 10.1. The van der Waals surface area contributed by atoms with Crippen LogP contribution in [0.15, 0.2) is 24.3 Å². The normalized spacial score (nSPS) is 10.0. The summed E-state index contributed by atoms with van der Waals surface area (Å²) in [6, 6.07) is 6.38. The number of hydrogen-bond donors (Lipinski definition) is 0. The summed E-state index contributed by atoms with van der Waals surface area (Å²) in [6.45, 7) is 3.82. The Balaban J connectivity index is 2.78. The SMILES string of the molecule is COC(=O)C(=O)c1ccc(OC(C)C)cc1. The maximum absolute atomic E-state index is 11.4. The monoisotopic (exact) mass is 222 g/mol. The Morgan fingerprint density at radius 2 is 1.69 bits per heavy atom. The number of ether oxygens (including phenoxy) is 2. The molecule has 0 fully saturated rings. The van der Waals surface area contributed by atoms with Crippen LogP contribution in [0, 0.1) is 0 Å². The highest BCUT2D eigenvalue weighted by atomic mass is 16.5. The number of ketones is 1. The van der Waals surface area contributed by atoms with Gasteiger partial charge in [-0.15, -0.1) is 0 Å². The number of carbonyl (C=O) groups excluding carboxylic acids is 2. The smallest absolute Gasteiger partial charge is 0.379 e. The van der Waals surface area contributed by atoms with Crippen molar-refractivity contribution in [1.82, 2.24) is 0 Å². The molecule has 0 radical (unpaired) electrons. The number of hydrogen-bond acceptors (Lipinski definition) is 4. The zero-order chi connectivity index (χ0) is 12.1. The molecule has 0 saturated carbocycles. The quantitative estimate of drug-likeness (QED) is 0.443. The third-order valence-electron chi connectivity index (χ3n) is 1.86. The van der Waals surface area contributed by atoms with Crippen LogP contribution < -0.4 is 4.74 Å². The molecule has 86 valence electrons. The Morgan fingerprint density at radius 3 is 2.12 bits per heavy atom. The van der Waals surface area contributed by atoms with Crippen LogP contribution in [-0.4, -0.2) is 25.0 Å². The van der Waals surface area contributed by atoms with Crippen LogP contribution in [0.1, 0.15) is 24.2 Å². The predicted molar refractivity (Wildman–Crippen MR) is 58.6 cm³/mol. The summed E-state index contributed by atoms with van der Waals surface area (Å²) in [4.78, 5) is 22.4. The molecule has 0 aliphatic rings. The van der Waals surface area contributed by atoms with E-state index in [4.69, 9.17) is 4.74 Å². The first-order valence-electron chi connectivity index (χ1n) is 4.94. The second-order valence-electron chi connectivity index (χ2n) is 3.51. The van der Waals surface area contributed by atoms with E-state index in [1.807, 2.05) is 13.8 Å². The minimum absolute atomic E-state index is 0.0714. The standard InChI is InChI=1S/C12H14O4/c1-8(2)16-10-6-4-9(5-7-10)11(13)12(14)15-3/h4-8H,1-3H3. The van der Waals surface area contributed by atoms with E-state index in [0.717, 1.165) is 0 Å². The summed E-state index contributed by atoms with van der Waals surface area (Å²) in [7, 11) is 1.18. The van der Waals surface area contributed by atoms with Crippen molar-refractivity contribution in [3.05, 3.63) is 29.8 Å². The Bertz CT molecular complexity index is 379. The van der Waals surface area contributed by atoms with Crippen LogP contribution >= 0.6 is 0 Å². The minimum Gasteiger partial charge on any atom is -0.491 e. The first kappa shape index (κ1) is 12.2. The molecule has 0 N–H and O–H groups in total. The van der Waals surface area contributed by atoms with Crippen LogP contribution in [0.2, 0.25) is 0 Å². The molecule has 0 unspecified atom stereocenters. The van der Waals surface area contributed by atoms with Crippen molar-refractivity contribution in [3.8, 4) is 5.75 Å². The molecule has 0 saturated heterocycles. The molecule has 0 heterocycles. The van der Waals surface area contributed by atoms with Crippen molar-refractivity contribution in [2.45, 2.75) is 20.0 Å². The fraction of sp³-hybridized carbons (Fsp3) is 0.333. The summed E-state index contributed by atoms with van der Waals surface area (Å²) in [5.41, 5.74) is 0.294. The summed E-state index contributed by atoms with van der Waals surface area (Å²) < 4.78 is 9.75. The number of methoxy groups -OCH3 is 1. The van der Waals surface area contributed by atoms with E-state index in [-0.39, 0.29) is 6.10 Å².